The zero-order valence-corrected chi connectivity index (χ0v) is 17.7. The van der Waals surface area contributed by atoms with Crippen LogP contribution in [0.1, 0.15) is 23.0 Å². The lowest BCUT2D eigenvalue weighted by Gasteiger charge is -2.15. The van der Waals surface area contributed by atoms with Crippen molar-refractivity contribution in [1.82, 2.24) is 0 Å². The van der Waals surface area contributed by atoms with Gasteiger partial charge in [0.2, 0.25) is 0 Å². The van der Waals surface area contributed by atoms with Crippen LogP contribution in [0.5, 0.6) is 0 Å². The Balaban J connectivity index is 1.58. The number of anilines is 1. The molecule has 2 aromatic carbocycles. The van der Waals surface area contributed by atoms with E-state index < -0.39 is 4.92 Å². The molecular formula is C22H14N2O5S2. The number of thioether (sulfide) groups is 1. The van der Waals surface area contributed by atoms with Gasteiger partial charge in [-0.15, -0.1) is 0 Å². The van der Waals surface area contributed by atoms with Crippen molar-refractivity contribution in [3.63, 3.8) is 0 Å². The number of nitro benzene ring substituents is 1. The van der Waals surface area contributed by atoms with Crippen molar-refractivity contribution in [1.29, 1.82) is 0 Å². The molecule has 31 heavy (non-hydrogen) atoms. The molecule has 1 saturated heterocycles. The fourth-order valence-corrected chi connectivity index (χ4v) is 4.30. The summed E-state index contributed by atoms with van der Waals surface area (Å²) in [4.78, 5) is 36.7. The number of hydrogen-bond donors (Lipinski definition) is 0. The zero-order valence-electron chi connectivity index (χ0n) is 16.1. The van der Waals surface area contributed by atoms with E-state index in [1.165, 1.54) is 24.0 Å². The quantitative estimate of drug-likeness (QED) is 0.167. The Morgan fingerprint density at radius 2 is 1.90 bits per heavy atom. The smallest absolute Gasteiger partial charge is 0.270 e. The molecule has 0 saturated carbocycles. The molecule has 3 aromatic rings. The standard InChI is InChI=1S/C22H14N2O5S2/c1-13(25)15-3-2-4-17(11-15)23-21(26)20(31-22(23)30)12-18-9-10-19(29-18)14-5-7-16(8-6-14)24(27)28/h2-12H,1H3/b20-12+. The molecule has 1 aliphatic rings. The Labute approximate surface area is 186 Å². The van der Waals surface area contributed by atoms with E-state index in [0.717, 1.165) is 11.8 Å². The minimum absolute atomic E-state index is 0.00644. The number of hydrogen-bond acceptors (Lipinski definition) is 7. The number of thiocarbonyl (C=S) groups is 1. The number of amides is 1. The summed E-state index contributed by atoms with van der Waals surface area (Å²) in [7, 11) is 0. The molecule has 9 heteroatoms. The normalized spacial score (nSPS) is 15.0. The highest BCUT2D eigenvalue weighted by Crippen LogP contribution is 2.37. The highest BCUT2D eigenvalue weighted by Gasteiger charge is 2.33. The minimum atomic E-state index is -0.467. The molecule has 7 nitrogen and oxygen atoms in total. The molecule has 1 amide bonds. The van der Waals surface area contributed by atoms with Gasteiger partial charge < -0.3 is 4.42 Å². The van der Waals surface area contributed by atoms with Gasteiger partial charge in [-0.1, -0.05) is 36.1 Å². The first-order valence-corrected chi connectivity index (χ1v) is 10.3. The second-order valence-electron chi connectivity index (χ2n) is 6.63. The second-order valence-corrected chi connectivity index (χ2v) is 8.31. The van der Waals surface area contributed by atoms with E-state index in [9.17, 15) is 19.7 Å². The van der Waals surface area contributed by atoms with Gasteiger partial charge in [0.15, 0.2) is 10.1 Å². The van der Waals surface area contributed by atoms with Crippen LogP contribution >= 0.6 is 24.0 Å². The lowest BCUT2D eigenvalue weighted by molar-refractivity contribution is -0.384. The average molecular weight is 450 g/mol. The van der Waals surface area contributed by atoms with Crippen molar-refractivity contribution in [3.05, 3.63) is 87.0 Å². The maximum Gasteiger partial charge on any atom is 0.270 e. The molecule has 0 spiro atoms. The van der Waals surface area contributed by atoms with Gasteiger partial charge in [-0.05, 0) is 43.3 Å². The van der Waals surface area contributed by atoms with E-state index in [2.05, 4.69) is 0 Å². The summed E-state index contributed by atoms with van der Waals surface area (Å²) in [5, 5.41) is 10.8. The topological polar surface area (TPSA) is 93.7 Å². The molecule has 0 radical (unpaired) electrons. The third kappa shape index (κ3) is 4.18. The molecular weight excluding hydrogens is 436 g/mol. The molecule has 2 heterocycles. The number of rotatable bonds is 5. The average Bonchev–Trinajstić information content (AvgIpc) is 3.32. The van der Waals surface area contributed by atoms with E-state index in [-0.39, 0.29) is 17.4 Å². The van der Waals surface area contributed by atoms with Crippen molar-refractivity contribution in [2.75, 3.05) is 4.90 Å². The number of nitrogens with zero attached hydrogens (tertiary/aromatic N) is 2. The Morgan fingerprint density at radius 1 is 1.16 bits per heavy atom. The summed E-state index contributed by atoms with van der Waals surface area (Å²) >= 11 is 6.52. The predicted octanol–water partition coefficient (Wildman–Crippen LogP) is 5.46. The first-order valence-electron chi connectivity index (χ1n) is 9.07. The zero-order chi connectivity index (χ0) is 22.1. The van der Waals surface area contributed by atoms with Gasteiger partial charge in [-0.3, -0.25) is 24.6 Å². The molecule has 0 atom stereocenters. The summed E-state index contributed by atoms with van der Waals surface area (Å²) in [6, 6.07) is 16.2. The maximum absolute atomic E-state index is 12.9. The molecule has 0 N–H and O–H groups in total. The first-order chi connectivity index (χ1) is 14.8. The maximum atomic E-state index is 12.9. The van der Waals surface area contributed by atoms with Crippen LogP contribution in [0.2, 0.25) is 0 Å². The molecule has 0 unspecified atom stereocenters. The molecule has 1 aromatic heterocycles. The fourth-order valence-electron chi connectivity index (χ4n) is 3.02. The third-order valence-electron chi connectivity index (χ3n) is 4.57. The molecule has 4 rings (SSSR count). The van der Waals surface area contributed by atoms with Crippen molar-refractivity contribution in [2.24, 2.45) is 0 Å². The lowest BCUT2D eigenvalue weighted by atomic mass is 10.1. The Morgan fingerprint density at radius 3 is 2.58 bits per heavy atom. The molecule has 154 valence electrons. The van der Waals surface area contributed by atoms with E-state index in [1.807, 2.05) is 0 Å². The van der Waals surface area contributed by atoms with Crippen molar-refractivity contribution >= 4 is 57.4 Å². The van der Waals surface area contributed by atoms with Crippen LogP contribution in [0.15, 0.2) is 70.0 Å². The van der Waals surface area contributed by atoms with Gasteiger partial charge in [0.25, 0.3) is 11.6 Å². The number of ketones is 1. The van der Waals surface area contributed by atoms with E-state index >= 15 is 0 Å². The predicted molar refractivity (Wildman–Crippen MR) is 123 cm³/mol. The summed E-state index contributed by atoms with van der Waals surface area (Å²) in [6.07, 6.45) is 1.60. The number of nitro groups is 1. The van der Waals surface area contributed by atoms with Gasteiger partial charge >= 0.3 is 0 Å². The SMILES string of the molecule is CC(=O)c1cccc(N2C(=O)/C(=C\c3ccc(-c4ccc([N+](=O)[O-])cc4)o3)SC2=S)c1. The largest absolute Gasteiger partial charge is 0.457 e. The van der Waals surface area contributed by atoms with Crippen LogP contribution < -0.4 is 4.90 Å². The van der Waals surface area contributed by atoms with Gasteiger partial charge in [0, 0.05) is 29.3 Å². The second kappa shape index (κ2) is 8.29. The van der Waals surface area contributed by atoms with Crippen LogP contribution in [0, 0.1) is 10.1 Å². The van der Waals surface area contributed by atoms with E-state index in [0.29, 0.717) is 37.6 Å². The molecule has 1 aliphatic heterocycles. The number of furan rings is 1. The third-order valence-corrected chi connectivity index (χ3v) is 5.87. The highest BCUT2D eigenvalue weighted by atomic mass is 32.2. The number of Topliss-reactive ketones (excluding diaryl/α,β-unsaturated/α-hetero) is 1. The summed E-state index contributed by atoms with van der Waals surface area (Å²) in [5.74, 6) is 0.568. The van der Waals surface area contributed by atoms with Crippen molar-refractivity contribution in [3.8, 4) is 11.3 Å². The number of benzene rings is 2. The van der Waals surface area contributed by atoms with Crippen LogP contribution in [-0.2, 0) is 4.79 Å². The first kappa shape index (κ1) is 20.7. The minimum Gasteiger partial charge on any atom is -0.457 e. The number of non-ortho nitro benzene ring substituents is 1. The summed E-state index contributed by atoms with van der Waals surface area (Å²) in [6.45, 7) is 1.46. The lowest BCUT2D eigenvalue weighted by Crippen LogP contribution is -2.27. The van der Waals surface area contributed by atoms with E-state index in [4.69, 9.17) is 16.6 Å². The summed E-state index contributed by atoms with van der Waals surface area (Å²) < 4.78 is 6.15. The van der Waals surface area contributed by atoms with Crippen molar-refractivity contribution in [2.45, 2.75) is 6.92 Å². The van der Waals surface area contributed by atoms with Crippen molar-refractivity contribution < 1.29 is 18.9 Å². The Bertz CT molecular complexity index is 1260. The summed E-state index contributed by atoms with van der Waals surface area (Å²) in [5.41, 5.74) is 1.70. The number of carbonyl (C=O) groups excluding carboxylic acids is 2. The van der Waals surface area contributed by atoms with E-state index in [1.54, 1.807) is 54.6 Å². The molecule has 1 fully saturated rings. The van der Waals surface area contributed by atoms with Crippen LogP contribution in [0.3, 0.4) is 0 Å². The van der Waals surface area contributed by atoms with Crippen LogP contribution in [0.25, 0.3) is 17.4 Å². The monoisotopic (exact) mass is 450 g/mol. The Kier molecular flexibility index (Phi) is 5.53. The van der Waals surface area contributed by atoms with Gasteiger partial charge in [0.1, 0.15) is 11.5 Å². The van der Waals surface area contributed by atoms with Gasteiger partial charge in [0.05, 0.1) is 15.5 Å². The Hall–Kier alpha value is -3.56. The highest BCUT2D eigenvalue weighted by molar-refractivity contribution is 8.27. The van der Waals surface area contributed by atoms with Crippen LogP contribution in [-0.4, -0.2) is 20.9 Å². The van der Waals surface area contributed by atoms with Gasteiger partial charge in [-0.2, -0.15) is 0 Å². The fraction of sp³-hybridized carbons (Fsp3) is 0.0455. The van der Waals surface area contributed by atoms with Gasteiger partial charge in [-0.25, -0.2) is 0 Å². The molecule has 0 bridgehead atoms. The molecule has 0 aliphatic carbocycles. The van der Waals surface area contributed by atoms with Crippen LogP contribution in [0.4, 0.5) is 11.4 Å². The number of carbonyl (C=O) groups is 2.